The van der Waals surface area contributed by atoms with E-state index < -0.39 is 0 Å². The third-order valence-electron chi connectivity index (χ3n) is 4.06. The minimum Gasteiger partial charge on any atom is -0.356 e. The number of amides is 1. The summed E-state index contributed by atoms with van der Waals surface area (Å²) in [4.78, 5) is 20.7. The molecule has 3 rings (SSSR count). The highest BCUT2D eigenvalue weighted by molar-refractivity contribution is 7.09. The molecule has 0 spiro atoms. The van der Waals surface area contributed by atoms with E-state index in [9.17, 15) is 4.79 Å². The number of hydrogen-bond donors (Lipinski definition) is 2. The van der Waals surface area contributed by atoms with Crippen LogP contribution in [0.25, 0.3) is 11.3 Å². The van der Waals surface area contributed by atoms with Crippen LogP contribution in [0.5, 0.6) is 0 Å². The predicted octanol–water partition coefficient (Wildman–Crippen LogP) is 3.10. The largest absolute Gasteiger partial charge is 0.356 e. The molecule has 138 valence electrons. The first-order valence-corrected chi connectivity index (χ1v) is 9.04. The number of carbonyl (C=O) groups excluding carboxylic acids is 1. The quantitative estimate of drug-likeness (QED) is 0.728. The average molecular weight is 403 g/mol. The summed E-state index contributed by atoms with van der Waals surface area (Å²) in [6.45, 7) is 2.57. The molecule has 2 aromatic rings. The van der Waals surface area contributed by atoms with Crippen LogP contribution in [0.3, 0.4) is 0 Å². The molecule has 1 atom stereocenters. The molecule has 1 saturated heterocycles. The molecule has 2 aromatic heterocycles. The summed E-state index contributed by atoms with van der Waals surface area (Å²) >= 11 is 1.68. The zero-order valence-corrected chi connectivity index (χ0v) is 16.4. The maximum atomic E-state index is 12.0. The number of rotatable bonds is 6. The summed E-state index contributed by atoms with van der Waals surface area (Å²) in [5.74, 6) is 0.329. The molecule has 1 fully saturated rings. The Bertz CT molecular complexity index is 633. The van der Waals surface area contributed by atoms with Crippen molar-refractivity contribution in [1.82, 2.24) is 20.6 Å². The number of thiazole rings is 1. The van der Waals surface area contributed by atoms with Crippen molar-refractivity contribution in [3.05, 3.63) is 34.9 Å². The van der Waals surface area contributed by atoms with Gasteiger partial charge in [-0.1, -0.05) is 0 Å². The van der Waals surface area contributed by atoms with Crippen molar-refractivity contribution in [2.75, 3.05) is 19.6 Å². The van der Waals surface area contributed by atoms with Gasteiger partial charge in [0.25, 0.3) is 0 Å². The summed E-state index contributed by atoms with van der Waals surface area (Å²) in [5, 5.41) is 9.52. The van der Waals surface area contributed by atoms with E-state index in [1.165, 1.54) is 0 Å². The maximum Gasteiger partial charge on any atom is 0.224 e. The van der Waals surface area contributed by atoms with Crippen molar-refractivity contribution in [2.45, 2.75) is 25.7 Å². The van der Waals surface area contributed by atoms with Gasteiger partial charge in [-0.3, -0.25) is 9.78 Å². The van der Waals surface area contributed by atoms with E-state index >= 15 is 0 Å². The van der Waals surface area contributed by atoms with Gasteiger partial charge in [0.15, 0.2) is 0 Å². The second kappa shape index (κ2) is 11.4. The predicted molar refractivity (Wildman–Crippen MR) is 107 cm³/mol. The molecule has 1 aliphatic rings. The van der Waals surface area contributed by atoms with Crippen LogP contribution in [0.15, 0.2) is 29.9 Å². The standard InChI is InChI=1S/C17H22N4OS.2ClH/c22-17(14-3-1-7-19-11-14)20-8-2-4-16-21-15(12-23-16)13-5-9-18-10-6-13;;/h5-6,9-10,12,14,19H,1-4,7-8,11H2,(H,20,22);2*1H. The first-order valence-electron chi connectivity index (χ1n) is 8.16. The fourth-order valence-corrected chi connectivity index (χ4v) is 3.60. The molecule has 0 aromatic carbocycles. The van der Waals surface area contributed by atoms with Gasteiger partial charge in [0.2, 0.25) is 5.91 Å². The van der Waals surface area contributed by atoms with Crippen LogP contribution in [0.2, 0.25) is 0 Å². The Balaban J connectivity index is 0.00000156. The van der Waals surface area contributed by atoms with E-state index in [0.29, 0.717) is 0 Å². The molecule has 0 bridgehead atoms. The number of nitrogens with zero attached hydrogens (tertiary/aromatic N) is 2. The Morgan fingerprint density at radius 1 is 1.32 bits per heavy atom. The van der Waals surface area contributed by atoms with Gasteiger partial charge >= 0.3 is 0 Å². The van der Waals surface area contributed by atoms with Gasteiger partial charge in [0, 0.05) is 42.8 Å². The van der Waals surface area contributed by atoms with E-state index in [0.717, 1.165) is 61.6 Å². The van der Waals surface area contributed by atoms with Crippen LogP contribution >= 0.6 is 36.2 Å². The van der Waals surface area contributed by atoms with Crippen molar-refractivity contribution in [2.24, 2.45) is 5.92 Å². The monoisotopic (exact) mass is 402 g/mol. The Hall–Kier alpha value is -1.21. The fraction of sp³-hybridized carbons (Fsp3) is 0.471. The van der Waals surface area contributed by atoms with Crippen LogP contribution < -0.4 is 10.6 Å². The van der Waals surface area contributed by atoms with Crippen molar-refractivity contribution in [3.8, 4) is 11.3 Å². The van der Waals surface area contributed by atoms with Crippen LogP contribution in [0.4, 0.5) is 0 Å². The first kappa shape index (κ1) is 21.8. The highest BCUT2D eigenvalue weighted by Gasteiger charge is 2.20. The number of halogens is 2. The highest BCUT2D eigenvalue weighted by atomic mass is 35.5. The number of carbonyl (C=O) groups is 1. The fourth-order valence-electron chi connectivity index (χ4n) is 2.75. The van der Waals surface area contributed by atoms with Gasteiger partial charge in [0.1, 0.15) is 0 Å². The zero-order chi connectivity index (χ0) is 15.9. The lowest BCUT2D eigenvalue weighted by Gasteiger charge is -2.21. The van der Waals surface area contributed by atoms with E-state index in [1.807, 2.05) is 12.1 Å². The summed E-state index contributed by atoms with van der Waals surface area (Å²) in [6, 6.07) is 3.94. The van der Waals surface area contributed by atoms with Crippen molar-refractivity contribution in [1.29, 1.82) is 0 Å². The number of aryl methyl sites for hydroxylation is 1. The lowest BCUT2D eigenvalue weighted by molar-refractivity contribution is -0.125. The highest BCUT2D eigenvalue weighted by Crippen LogP contribution is 2.21. The normalized spacial score (nSPS) is 16.4. The number of piperidine rings is 1. The molecule has 1 amide bonds. The molecule has 1 aliphatic heterocycles. The summed E-state index contributed by atoms with van der Waals surface area (Å²) in [7, 11) is 0. The average Bonchev–Trinajstić information content (AvgIpc) is 3.09. The number of pyridine rings is 1. The number of aromatic nitrogens is 2. The molecular weight excluding hydrogens is 379 g/mol. The van der Waals surface area contributed by atoms with Gasteiger partial charge < -0.3 is 10.6 Å². The molecule has 0 aliphatic carbocycles. The molecule has 5 nitrogen and oxygen atoms in total. The third kappa shape index (κ3) is 6.55. The minimum atomic E-state index is 0. The first-order chi connectivity index (χ1) is 11.3. The molecule has 0 radical (unpaired) electrons. The van der Waals surface area contributed by atoms with E-state index in [1.54, 1.807) is 23.7 Å². The van der Waals surface area contributed by atoms with E-state index in [2.05, 4.69) is 26.0 Å². The SMILES string of the molecule is Cl.Cl.O=C(NCCCc1nc(-c2ccncc2)cs1)C1CCCNC1. The molecule has 2 N–H and O–H groups in total. The minimum absolute atomic E-state index is 0. The topological polar surface area (TPSA) is 66.9 Å². The smallest absolute Gasteiger partial charge is 0.224 e. The number of nitrogens with one attached hydrogen (secondary N) is 2. The Labute approximate surface area is 164 Å². The molecule has 3 heterocycles. The van der Waals surface area contributed by atoms with Crippen molar-refractivity contribution < 1.29 is 4.79 Å². The van der Waals surface area contributed by atoms with Crippen LogP contribution in [0.1, 0.15) is 24.3 Å². The maximum absolute atomic E-state index is 12.0. The molecule has 8 heteroatoms. The van der Waals surface area contributed by atoms with Gasteiger partial charge in [0.05, 0.1) is 16.6 Å². The van der Waals surface area contributed by atoms with Crippen molar-refractivity contribution in [3.63, 3.8) is 0 Å². The van der Waals surface area contributed by atoms with Gasteiger partial charge in [-0.15, -0.1) is 36.2 Å². The van der Waals surface area contributed by atoms with E-state index in [-0.39, 0.29) is 36.6 Å². The van der Waals surface area contributed by atoms with E-state index in [4.69, 9.17) is 0 Å². The summed E-state index contributed by atoms with van der Waals surface area (Å²) < 4.78 is 0. The Kier molecular flexibility index (Phi) is 9.97. The molecule has 25 heavy (non-hydrogen) atoms. The molecular formula is C17H24Cl2N4OS. The molecule has 1 unspecified atom stereocenters. The second-order valence-corrected chi connectivity index (χ2v) is 6.74. The zero-order valence-electron chi connectivity index (χ0n) is 13.9. The Morgan fingerprint density at radius 2 is 2.12 bits per heavy atom. The van der Waals surface area contributed by atoms with Crippen LogP contribution in [0, 0.1) is 5.92 Å². The van der Waals surface area contributed by atoms with Gasteiger partial charge in [-0.05, 0) is 37.9 Å². The van der Waals surface area contributed by atoms with Crippen LogP contribution in [-0.4, -0.2) is 35.5 Å². The molecule has 0 saturated carbocycles. The number of hydrogen-bond acceptors (Lipinski definition) is 5. The summed E-state index contributed by atoms with van der Waals surface area (Å²) in [6.07, 6.45) is 7.48. The lowest BCUT2D eigenvalue weighted by Crippen LogP contribution is -2.40. The summed E-state index contributed by atoms with van der Waals surface area (Å²) in [5.41, 5.74) is 2.10. The second-order valence-electron chi connectivity index (χ2n) is 5.80. The third-order valence-corrected chi connectivity index (χ3v) is 4.97. The Morgan fingerprint density at radius 3 is 2.84 bits per heavy atom. The van der Waals surface area contributed by atoms with Gasteiger partial charge in [-0.2, -0.15) is 0 Å². The van der Waals surface area contributed by atoms with Crippen molar-refractivity contribution >= 4 is 42.1 Å². The lowest BCUT2D eigenvalue weighted by atomic mass is 9.99. The van der Waals surface area contributed by atoms with Crippen LogP contribution in [-0.2, 0) is 11.2 Å². The van der Waals surface area contributed by atoms with Gasteiger partial charge in [-0.25, -0.2) is 4.98 Å².